The average molecular weight is 411 g/mol. The average Bonchev–Trinajstić information content (AvgIpc) is 3.35. The first-order valence-electron chi connectivity index (χ1n) is 10.5. The van der Waals surface area contributed by atoms with Crippen molar-refractivity contribution in [3.8, 4) is 0 Å². The maximum absolute atomic E-state index is 13.0. The van der Waals surface area contributed by atoms with E-state index in [9.17, 15) is 14.7 Å². The number of amides is 1. The maximum atomic E-state index is 13.0. The van der Waals surface area contributed by atoms with E-state index in [1.165, 1.54) is 11.2 Å². The van der Waals surface area contributed by atoms with E-state index in [1.807, 2.05) is 32.0 Å². The number of likely N-dealkylation sites (tertiary alicyclic amines) is 1. The second-order valence-corrected chi connectivity index (χ2v) is 7.71. The molecular formula is C24H30N2O4. The lowest BCUT2D eigenvalue weighted by molar-refractivity contribution is -0.140. The van der Waals surface area contributed by atoms with E-state index in [4.69, 9.17) is 4.42 Å². The highest BCUT2D eigenvalue weighted by molar-refractivity contribution is 6.46. The summed E-state index contributed by atoms with van der Waals surface area (Å²) in [5.41, 5.74) is 2.45. The van der Waals surface area contributed by atoms with Crippen LogP contribution in [0.1, 0.15) is 48.8 Å². The predicted octanol–water partition coefficient (Wildman–Crippen LogP) is 4.05. The molecule has 1 amide bonds. The highest BCUT2D eigenvalue weighted by atomic mass is 16.3. The van der Waals surface area contributed by atoms with Gasteiger partial charge in [-0.3, -0.25) is 9.59 Å². The van der Waals surface area contributed by atoms with Crippen molar-refractivity contribution in [2.75, 3.05) is 26.2 Å². The normalized spacial score (nSPS) is 18.6. The lowest BCUT2D eigenvalue weighted by Gasteiger charge is -2.25. The molecule has 1 fully saturated rings. The number of aliphatic hydroxyl groups is 1. The van der Waals surface area contributed by atoms with Gasteiger partial charge in [0.15, 0.2) is 0 Å². The number of hydrogen-bond acceptors (Lipinski definition) is 5. The molecule has 0 radical (unpaired) electrons. The highest BCUT2D eigenvalue weighted by Gasteiger charge is 2.47. The van der Waals surface area contributed by atoms with Gasteiger partial charge >= 0.3 is 0 Å². The van der Waals surface area contributed by atoms with Gasteiger partial charge in [-0.2, -0.15) is 0 Å². The number of aliphatic hydroxyl groups excluding tert-OH is 1. The summed E-state index contributed by atoms with van der Waals surface area (Å²) < 4.78 is 5.58. The van der Waals surface area contributed by atoms with Crippen molar-refractivity contribution in [1.82, 2.24) is 9.80 Å². The fraction of sp³-hybridized carbons (Fsp3) is 0.417. The zero-order valence-corrected chi connectivity index (χ0v) is 18.1. The van der Waals surface area contributed by atoms with Crippen molar-refractivity contribution in [3.05, 3.63) is 64.6 Å². The van der Waals surface area contributed by atoms with E-state index in [0.717, 1.165) is 37.2 Å². The van der Waals surface area contributed by atoms with Crippen LogP contribution in [0, 0.1) is 13.8 Å². The zero-order valence-electron chi connectivity index (χ0n) is 18.1. The molecule has 0 spiro atoms. The smallest absolute Gasteiger partial charge is 0.295 e. The van der Waals surface area contributed by atoms with E-state index >= 15 is 0 Å². The summed E-state index contributed by atoms with van der Waals surface area (Å²) in [6, 6.07) is 8.41. The Bertz CT molecular complexity index is 942. The third-order valence-corrected chi connectivity index (χ3v) is 5.77. The van der Waals surface area contributed by atoms with Crippen LogP contribution < -0.4 is 0 Å². The van der Waals surface area contributed by atoms with E-state index < -0.39 is 17.7 Å². The summed E-state index contributed by atoms with van der Waals surface area (Å²) in [5, 5.41) is 11.1. The molecule has 0 saturated carbocycles. The summed E-state index contributed by atoms with van der Waals surface area (Å²) in [7, 11) is 0. The number of hydrogen-bond donors (Lipinski definition) is 1. The molecule has 1 aliphatic rings. The molecular weight excluding hydrogens is 380 g/mol. The Morgan fingerprint density at radius 2 is 1.90 bits per heavy atom. The van der Waals surface area contributed by atoms with E-state index in [2.05, 4.69) is 18.7 Å². The lowest BCUT2D eigenvalue weighted by atomic mass is 9.96. The molecule has 1 aromatic heterocycles. The number of carbonyl (C=O) groups is 2. The van der Waals surface area contributed by atoms with Crippen LogP contribution in [0.2, 0.25) is 0 Å². The Kier molecular flexibility index (Phi) is 6.77. The van der Waals surface area contributed by atoms with Crippen molar-refractivity contribution in [2.45, 2.75) is 40.2 Å². The van der Waals surface area contributed by atoms with E-state index in [0.29, 0.717) is 17.9 Å². The molecule has 1 atom stereocenters. The molecule has 6 heteroatoms. The Morgan fingerprint density at radius 1 is 1.17 bits per heavy atom. The third-order valence-electron chi connectivity index (χ3n) is 5.77. The number of aryl methyl sites for hydroxylation is 2. The molecule has 160 valence electrons. The number of nitrogens with zero attached hydrogens (tertiary/aromatic N) is 2. The first-order valence-corrected chi connectivity index (χ1v) is 10.5. The van der Waals surface area contributed by atoms with Gasteiger partial charge in [-0.1, -0.05) is 31.5 Å². The van der Waals surface area contributed by atoms with E-state index in [-0.39, 0.29) is 11.3 Å². The molecule has 1 aromatic carbocycles. The molecule has 2 heterocycles. The Labute approximate surface area is 177 Å². The monoisotopic (exact) mass is 410 g/mol. The minimum atomic E-state index is -0.725. The van der Waals surface area contributed by atoms with Crippen LogP contribution in [0.5, 0.6) is 0 Å². The molecule has 3 rings (SSSR count). The SMILES string of the molecule is CCN(CC)CCCN1C(=O)C(=O)C(=C(O)c2cc(C)ccc2C)C1c1ccco1. The number of rotatable bonds is 8. The van der Waals surface area contributed by atoms with Gasteiger partial charge in [0, 0.05) is 12.1 Å². The number of furan rings is 1. The fourth-order valence-corrected chi connectivity index (χ4v) is 3.99. The Balaban J connectivity index is 2.01. The van der Waals surface area contributed by atoms with Gasteiger partial charge in [-0.25, -0.2) is 0 Å². The van der Waals surface area contributed by atoms with Crippen LogP contribution in [0.4, 0.5) is 0 Å². The maximum Gasteiger partial charge on any atom is 0.295 e. The molecule has 2 aromatic rings. The molecule has 1 aliphatic heterocycles. The van der Waals surface area contributed by atoms with Crippen LogP contribution in [-0.2, 0) is 9.59 Å². The predicted molar refractivity (Wildman–Crippen MR) is 116 cm³/mol. The van der Waals surface area contributed by atoms with Crippen molar-refractivity contribution < 1.29 is 19.1 Å². The van der Waals surface area contributed by atoms with Crippen LogP contribution in [0.25, 0.3) is 5.76 Å². The number of ketones is 1. The summed E-state index contributed by atoms with van der Waals surface area (Å²) in [4.78, 5) is 29.7. The Morgan fingerprint density at radius 3 is 2.53 bits per heavy atom. The highest BCUT2D eigenvalue weighted by Crippen LogP contribution is 2.40. The van der Waals surface area contributed by atoms with Crippen molar-refractivity contribution in [2.24, 2.45) is 0 Å². The first-order chi connectivity index (χ1) is 14.4. The minimum absolute atomic E-state index is 0.0893. The number of benzene rings is 1. The summed E-state index contributed by atoms with van der Waals surface area (Å²) in [6.07, 6.45) is 2.25. The molecule has 1 unspecified atom stereocenters. The largest absolute Gasteiger partial charge is 0.507 e. The first kappa shape index (κ1) is 21.8. The quantitative estimate of drug-likeness (QED) is 0.404. The molecule has 1 N–H and O–H groups in total. The van der Waals surface area contributed by atoms with Gasteiger partial charge in [0.25, 0.3) is 11.7 Å². The summed E-state index contributed by atoms with van der Waals surface area (Å²) >= 11 is 0. The zero-order chi connectivity index (χ0) is 21.8. The standard InChI is InChI=1S/C24H30N2O4/c1-5-25(6-2)12-8-13-26-21(19-9-7-14-30-19)20(23(28)24(26)29)22(27)18-15-16(3)10-11-17(18)4/h7,9-11,14-15,21,27H,5-6,8,12-13H2,1-4H3. The lowest BCUT2D eigenvalue weighted by Crippen LogP contribution is -2.33. The van der Waals surface area contributed by atoms with Gasteiger partial charge in [-0.15, -0.1) is 0 Å². The molecule has 1 saturated heterocycles. The van der Waals surface area contributed by atoms with Crippen LogP contribution in [-0.4, -0.2) is 52.8 Å². The molecule has 0 bridgehead atoms. The van der Waals surface area contributed by atoms with Crippen LogP contribution >= 0.6 is 0 Å². The second-order valence-electron chi connectivity index (χ2n) is 7.71. The minimum Gasteiger partial charge on any atom is -0.507 e. The molecule has 30 heavy (non-hydrogen) atoms. The van der Waals surface area contributed by atoms with Crippen molar-refractivity contribution in [3.63, 3.8) is 0 Å². The van der Waals surface area contributed by atoms with Gasteiger partial charge in [0.2, 0.25) is 0 Å². The summed E-state index contributed by atoms with van der Waals surface area (Å²) in [6.45, 7) is 11.1. The van der Waals surface area contributed by atoms with Crippen molar-refractivity contribution >= 4 is 17.4 Å². The van der Waals surface area contributed by atoms with E-state index in [1.54, 1.807) is 12.1 Å². The van der Waals surface area contributed by atoms with Gasteiger partial charge in [0.1, 0.15) is 17.6 Å². The number of Topliss-reactive ketones (excluding diaryl/α,β-unsaturated/α-hetero) is 1. The molecule has 0 aliphatic carbocycles. The van der Waals surface area contributed by atoms with Crippen LogP contribution in [0.3, 0.4) is 0 Å². The molecule has 6 nitrogen and oxygen atoms in total. The fourth-order valence-electron chi connectivity index (χ4n) is 3.99. The summed E-state index contributed by atoms with van der Waals surface area (Å²) in [5.74, 6) is -0.938. The second kappa shape index (κ2) is 9.30. The van der Waals surface area contributed by atoms with Gasteiger partial charge < -0.3 is 19.3 Å². The topological polar surface area (TPSA) is 74.0 Å². The van der Waals surface area contributed by atoms with Gasteiger partial charge in [0.05, 0.1) is 11.8 Å². The van der Waals surface area contributed by atoms with Crippen LogP contribution in [0.15, 0.2) is 46.6 Å². The third kappa shape index (κ3) is 4.19. The van der Waals surface area contributed by atoms with Gasteiger partial charge in [-0.05, 0) is 63.7 Å². The van der Waals surface area contributed by atoms with Crippen molar-refractivity contribution in [1.29, 1.82) is 0 Å². The number of carbonyl (C=O) groups excluding carboxylic acids is 2. The Hall–Kier alpha value is -2.86.